The molecule has 0 bridgehead atoms. The molecule has 2 amide bonds. The highest BCUT2D eigenvalue weighted by Gasteiger charge is 2.43. The average Bonchev–Trinajstić information content (AvgIpc) is 4.20. The summed E-state index contributed by atoms with van der Waals surface area (Å²) in [6.07, 6.45) is 5.91. The van der Waals surface area contributed by atoms with E-state index in [9.17, 15) is 33.2 Å². The van der Waals surface area contributed by atoms with E-state index in [1.165, 1.54) is 26.4 Å². The van der Waals surface area contributed by atoms with Crippen LogP contribution in [0.5, 0.6) is 0 Å². The Kier molecular flexibility index (Phi) is 15.3. The van der Waals surface area contributed by atoms with Crippen LogP contribution in [0, 0.1) is 29.5 Å². The number of ketones is 2. The van der Waals surface area contributed by atoms with Crippen LogP contribution in [0.2, 0.25) is 0 Å². The van der Waals surface area contributed by atoms with E-state index >= 15 is 0 Å². The third-order valence-electron chi connectivity index (χ3n) is 14.7. The Morgan fingerprint density at radius 3 is 1.39 bits per heavy atom. The second-order valence-corrected chi connectivity index (χ2v) is 18.7. The van der Waals surface area contributed by atoms with E-state index in [4.69, 9.17) is 18.9 Å². The number of halogens is 1. The molecule has 5 heterocycles. The first-order chi connectivity index (χ1) is 32.0. The van der Waals surface area contributed by atoms with Gasteiger partial charge in [-0.2, -0.15) is 0 Å². The molecule has 0 spiro atoms. The number of benzene rings is 3. The van der Waals surface area contributed by atoms with Crippen molar-refractivity contribution in [2.45, 2.75) is 101 Å². The van der Waals surface area contributed by atoms with Crippen LogP contribution < -0.4 is 4.90 Å². The fraction of sp³-hybridized carbons (Fsp3) is 0.538. The molecule has 1 unspecified atom stereocenters. The molecule has 5 aliphatic heterocycles. The van der Waals surface area contributed by atoms with E-state index in [-0.39, 0.29) is 78.8 Å². The number of carbonyl (C=O) groups excluding carboxylic acids is 6. The van der Waals surface area contributed by atoms with Gasteiger partial charge in [0.25, 0.3) is 0 Å². The van der Waals surface area contributed by atoms with Gasteiger partial charge >= 0.3 is 11.9 Å². The molecular formula is C52H62FN3O10. The minimum atomic E-state index is -0.585. The van der Waals surface area contributed by atoms with Crippen LogP contribution in [-0.2, 0) is 60.6 Å². The van der Waals surface area contributed by atoms with Gasteiger partial charge in [-0.15, -0.1) is 0 Å². The first-order valence-electron chi connectivity index (χ1n) is 23.7. The number of anilines is 1. The van der Waals surface area contributed by atoms with Crippen molar-refractivity contribution in [1.82, 2.24) is 9.80 Å². The van der Waals surface area contributed by atoms with Crippen LogP contribution in [0.3, 0.4) is 0 Å². The Hall–Kier alpha value is -5.47. The molecule has 0 N–H and O–H groups in total. The highest BCUT2D eigenvalue weighted by atomic mass is 19.1. The number of carbonyl (C=O) groups is 6. The van der Waals surface area contributed by atoms with Gasteiger partial charge in [-0.25, -0.2) is 4.39 Å². The molecule has 66 heavy (non-hydrogen) atoms. The maximum Gasteiger partial charge on any atom is 0.306 e. The molecule has 0 saturated carbocycles. The van der Waals surface area contributed by atoms with Crippen LogP contribution in [0.25, 0.3) is 0 Å². The van der Waals surface area contributed by atoms with Crippen molar-refractivity contribution in [1.29, 1.82) is 0 Å². The lowest BCUT2D eigenvalue weighted by molar-refractivity contribution is -0.149. The summed E-state index contributed by atoms with van der Waals surface area (Å²) in [5, 5.41) is 0. The van der Waals surface area contributed by atoms with Crippen LogP contribution in [0.1, 0.15) is 98.5 Å². The smallest absolute Gasteiger partial charge is 0.306 e. The minimum Gasteiger partial charge on any atom is -0.469 e. The van der Waals surface area contributed by atoms with E-state index < -0.39 is 35.9 Å². The molecule has 14 heteroatoms. The number of Topliss-reactive ketones (excluding diaryl/α,β-unsaturated/α-hetero) is 2. The molecule has 8 rings (SSSR count). The topological polar surface area (TPSA) is 149 Å². The van der Waals surface area contributed by atoms with Crippen molar-refractivity contribution in [3.63, 3.8) is 0 Å². The fourth-order valence-electron chi connectivity index (χ4n) is 11.1. The molecule has 0 aromatic heterocycles. The van der Waals surface area contributed by atoms with Crippen LogP contribution in [-0.4, -0.2) is 111 Å². The first kappa shape index (κ1) is 47.0. The summed E-state index contributed by atoms with van der Waals surface area (Å²) in [5.41, 5.74) is 4.70. The SMILES string of the molecule is COC(=O)CC(C(=O)N1CCC[C@H]1C(=O)Cc1ccc([C@@H]2CC[C@@H](c3ccc(CC(=O)[C@@H]4CCCN4C(=O)[C@@H](CC(=O)OC)[C@H]4CCOC4)cc3)N2c2ccc(F)cc2)cc1)[C@H]1CCOC1. The standard InChI is InChI=1S/C52H62FN3O10/c1-63-49(59)29-41(37-21-25-65-31-37)51(61)54-23-3-5-45(54)47(57)27-33-7-11-35(12-8-33)43-19-20-44(56(43)40-17-15-39(53)16-18-40)36-13-9-34(10-14-36)28-48(58)46-6-4-24-55(46)52(62)42(30-50(60)64-2)38-22-26-66-32-38/h7-18,37-38,41-46H,3-6,19-32H2,1-2H3/t37-,38-,41-,42?,43-,44-,45-,46-/m0/s1. The van der Waals surface area contributed by atoms with E-state index in [1.807, 2.05) is 24.3 Å². The largest absolute Gasteiger partial charge is 0.469 e. The zero-order valence-electron chi connectivity index (χ0n) is 38.1. The fourth-order valence-corrected chi connectivity index (χ4v) is 11.1. The van der Waals surface area contributed by atoms with E-state index in [0.717, 1.165) is 53.6 Å². The molecule has 13 nitrogen and oxygen atoms in total. The number of hydrogen-bond acceptors (Lipinski definition) is 11. The normalized spacial score (nSPS) is 24.9. The summed E-state index contributed by atoms with van der Waals surface area (Å²) in [6.45, 7) is 2.85. The second-order valence-electron chi connectivity index (χ2n) is 18.7. The third kappa shape index (κ3) is 10.5. The Bertz CT molecular complexity index is 2070. The van der Waals surface area contributed by atoms with Gasteiger partial charge < -0.3 is 33.6 Å². The first-order valence-corrected chi connectivity index (χ1v) is 23.7. The zero-order valence-corrected chi connectivity index (χ0v) is 38.1. The molecular weight excluding hydrogens is 846 g/mol. The zero-order chi connectivity index (χ0) is 46.3. The minimum absolute atomic E-state index is 0.0275. The average molecular weight is 908 g/mol. The monoisotopic (exact) mass is 907 g/mol. The molecule has 5 saturated heterocycles. The molecule has 3 aromatic carbocycles. The molecule has 5 aliphatic rings. The predicted octanol–water partition coefficient (Wildman–Crippen LogP) is 6.55. The lowest BCUT2D eigenvalue weighted by atomic mass is 9.87. The maximum absolute atomic E-state index is 14.3. The van der Waals surface area contributed by atoms with Crippen molar-refractivity contribution in [3.8, 4) is 0 Å². The Balaban J connectivity index is 0.929. The van der Waals surface area contributed by atoms with E-state index in [1.54, 1.807) is 21.9 Å². The van der Waals surface area contributed by atoms with E-state index in [2.05, 4.69) is 29.2 Å². The van der Waals surface area contributed by atoms with Gasteiger partial charge in [0.15, 0.2) is 11.6 Å². The number of methoxy groups -OCH3 is 2. The summed E-state index contributed by atoms with van der Waals surface area (Å²) in [5.74, 6) is -2.97. The molecule has 352 valence electrons. The van der Waals surface area contributed by atoms with Crippen molar-refractivity contribution in [3.05, 3.63) is 101 Å². The van der Waals surface area contributed by atoms with Gasteiger partial charge in [0.2, 0.25) is 11.8 Å². The van der Waals surface area contributed by atoms with Crippen molar-refractivity contribution >= 4 is 41.0 Å². The van der Waals surface area contributed by atoms with Crippen LogP contribution in [0.4, 0.5) is 10.1 Å². The van der Waals surface area contributed by atoms with Gasteiger partial charge in [-0.3, -0.25) is 28.8 Å². The molecule has 0 aliphatic carbocycles. The lowest BCUT2D eigenvalue weighted by Gasteiger charge is -2.33. The molecule has 8 atom stereocenters. The second kappa shape index (κ2) is 21.4. The predicted molar refractivity (Wildman–Crippen MR) is 241 cm³/mol. The summed E-state index contributed by atoms with van der Waals surface area (Å²) < 4.78 is 35.2. The summed E-state index contributed by atoms with van der Waals surface area (Å²) in [7, 11) is 2.63. The number of rotatable bonds is 17. The van der Waals surface area contributed by atoms with Gasteiger partial charge in [0.05, 0.1) is 76.3 Å². The van der Waals surface area contributed by atoms with E-state index in [0.29, 0.717) is 65.2 Å². The number of amides is 2. The number of ether oxygens (including phenoxy) is 4. The van der Waals surface area contributed by atoms with Crippen LogP contribution >= 0.6 is 0 Å². The number of likely N-dealkylation sites (tertiary alicyclic amines) is 2. The van der Waals surface area contributed by atoms with Gasteiger partial charge in [-0.05, 0) is 110 Å². The molecule has 0 radical (unpaired) electrons. The Labute approximate surface area is 386 Å². The van der Waals surface area contributed by atoms with Crippen molar-refractivity contribution in [2.24, 2.45) is 23.7 Å². The maximum atomic E-state index is 14.3. The van der Waals surface area contributed by atoms with Crippen molar-refractivity contribution < 1.29 is 52.1 Å². The van der Waals surface area contributed by atoms with Gasteiger partial charge in [0, 0.05) is 44.8 Å². The van der Waals surface area contributed by atoms with Crippen molar-refractivity contribution in [2.75, 3.05) is 58.6 Å². The Morgan fingerprint density at radius 2 is 1.02 bits per heavy atom. The quantitative estimate of drug-likeness (QED) is 0.136. The number of nitrogens with zero attached hydrogens (tertiary/aromatic N) is 3. The summed E-state index contributed by atoms with van der Waals surface area (Å²) in [4.78, 5) is 85.8. The van der Waals surface area contributed by atoms with Crippen LogP contribution in [0.15, 0.2) is 72.8 Å². The Morgan fingerprint density at radius 1 is 0.591 bits per heavy atom. The van der Waals surface area contributed by atoms with Gasteiger partial charge in [-0.1, -0.05) is 48.5 Å². The highest BCUT2D eigenvalue weighted by Crippen LogP contribution is 2.47. The number of hydrogen-bond donors (Lipinski definition) is 0. The molecule has 3 aromatic rings. The highest BCUT2D eigenvalue weighted by molar-refractivity contribution is 5.94. The lowest BCUT2D eigenvalue weighted by Crippen LogP contribution is -2.46. The summed E-state index contributed by atoms with van der Waals surface area (Å²) >= 11 is 0. The van der Waals surface area contributed by atoms with Gasteiger partial charge in [0.1, 0.15) is 5.82 Å². The third-order valence-corrected chi connectivity index (χ3v) is 14.7. The molecule has 5 fully saturated rings. The number of esters is 2. The summed E-state index contributed by atoms with van der Waals surface area (Å²) in [6, 6.07) is 21.5.